The van der Waals surface area contributed by atoms with Gasteiger partial charge >= 0.3 is 0 Å². The van der Waals surface area contributed by atoms with Crippen LogP contribution in [0.5, 0.6) is 0 Å². The first-order valence-corrected chi connectivity index (χ1v) is 7.51. The molecular formula is C16H21ClFN3. The van der Waals surface area contributed by atoms with Gasteiger partial charge in [-0.3, -0.25) is 4.68 Å². The van der Waals surface area contributed by atoms with Crippen LogP contribution in [-0.4, -0.2) is 16.3 Å². The van der Waals surface area contributed by atoms with E-state index in [4.69, 9.17) is 11.6 Å². The van der Waals surface area contributed by atoms with Crippen LogP contribution in [-0.2, 0) is 13.1 Å². The Morgan fingerprint density at radius 1 is 1.33 bits per heavy atom. The van der Waals surface area contributed by atoms with E-state index in [1.165, 1.54) is 0 Å². The van der Waals surface area contributed by atoms with Crippen LogP contribution in [0.4, 0.5) is 4.39 Å². The van der Waals surface area contributed by atoms with Gasteiger partial charge in [-0.25, -0.2) is 4.39 Å². The largest absolute Gasteiger partial charge is 0.312 e. The second kappa shape index (κ2) is 7.05. The highest BCUT2D eigenvalue weighted by Gasteiger charge is 2.11. The van der Waals surface area contributed by atoms with E-state index in [0.717, 1.165) is 24.3 Å². The van der Waals surface area contributed by atoms with Crippen molar-refractivity contribution in [1.82, 2.24) is 15.1 Å². The number of rotatable bonds is 6. The highest BCUT2D eigenvalue weighted by molar-refractivity contribution is 6.30. The Morgan fingerprint density at radius 2 is 2.10 bits per heavy atom. The normalized spacial score (nSPS) is 11.3. The van der Waals surface area contributed by atoms with Gasteiger partial charge in [0.2, 0.25) is 0 Å². The van der Waals surface area contributed by atoms with E-state index in [2.05, 4.69) is 24.3 Å². The number of halogens is 2. The second-order valence-corrected chi connectivity index (χ2v) is 6.06. The lowest BCUT2D eigenvalue weighted by Crippen LogP contribution is -2.19. The number of nitrogens with zero attached hydrogens (tertiary/aromatic N) is 2. The van der Waals surface area contributed by atoms with E-state index in [0.29, 0.717) is 18.0 Å². The molecule has 1 heterocycles. The Hall–Kier alpha value is -1.39. The SMILES string of the molecule is Cc1c(CNCC(C)C)cnn1Cc1cccc(Cl)c1F. The molecule has 2 aromatic rings. The molecule has 5 heteroatoms. The summed E-state index contributed by atoms with van der Waals surface area (Å²) in [5, 5.41) is 7.89. The maximum Gasteiger partial charge on any atom is 0.146 e. The van der Waals surface area contributed by atoms with Gasteiger partial charge in [0, 0.05) is 23.4 Å². The molecule has 0 saturated heterocycles. The van der Waals surface area contributed by atoms with E-state index in [1.54, 1.807) is 22.9 Å². The van der Waals surface area contributed by atoms with Crippen LogP contribution in [0.15, 0.2) is 24.4 Å². The maximum absolute atomic E-state index is 13.9. The third-order valence-corrected chi connectivity index (χ3v) is 3.72. The standard InChI is InChI=1S/C16H21ClFN3/c1-11(2)7-19-8-14-9-20-21(12(14)3)10-13-5-4-6-15(17)16(13)18/h4-6,9,11,19H,7-8,10H2,1-3H3. The minimum absolute atomic E-state index is 0.149. The first kappa shape index (κ1) is 16.0. The topological polar surface area (TPSA) is 29.9 Å². The molecule has 0 radical (unpaired) electrons. The van der Waals surface area contributed by atoms with Crippen LogP contribution >= 0.6 is 11.6 Å². The average molecular weight is 310 g/mol. The summed E-state index contributed by atoms with van der Waals surface area (Å²) in [7, 11) is 0. The van der Waals surface area contributed by atoms with Gasteiger partial charge in [0.05, 0.1) is 17.8 Å². The highest BCUT2D eigenvalue weighted by Crippen LogP contribution is 2.19. The van der Waals surface area contributed by atoms with Gasteiger partial charge in [0.1, 0.15) is 5.82 Å². The molecule has 0 aliphatic rings. The summed E-state index contributed by atoms with van der Waals surface area (Å²) in [6.07, 6.45) is 1.84. The number of aromatic nitrogens is 2. The first-order valence-electron chi connectivity index (χ1n) is 7.14. The van der Waals surface area contributed by atoms with Gasteiger partial charge in [0.25, 0.3) is 0 Å². The van der Waals surface area contributed by atoms with Crippen molar-refractivity contribution < 1.29 is 4.39 Å². The molecule has 2 rings (SSSR count). The molecule has 0 aliphatic carbocycles. The van der Waals surface area contributed by atoms with E-state index in [9.17, 15) is 4.39 Å². The summed E-state index contributed by atoms with van der Waals surface area (Å²) < 4.78 is 15.7. The van der Waals surface area contributed by atoms with Crippen molar-refractivity contribution in [3.8, 4) is 0 Å². The third-order valence-electron chi connectivity index (χ3n) is 3.42. The zero-order valence-corrected chi connectivity index (χ0v) is 13.4. The quantitative estimate of drug-likeness (QED) is 0.880. The summed E-state index contributed by atoms with van der Waals surface area (Å²) in [4.78, 5) is 0. The van der Waals surface area contributed by atoms with Crippen molar-refractivity contribution in [2.24, 2.45) is 5.92 Å². The Morgan fingerprint density at radius 3 is 2.81 bits per heavy atom. The molecule has 0 unspecified atom stereocenters. The van der Waals surface area contributed by atoms with Gasteiger partial charge < -0.3 is 5.32 Å². The van der Waals surface area contributed by atoms with Crippen molar-refractivity contribution in [2.45, 2.75) is 33.9 Å². The lowest BCUT2D eigenvalue weighted by molar-refractivity contribution is 0.550. The van der Waals surface area contributed by atoms with Gasteiger partial charge in [-0.05, 0) is 25.5 Å². The van der Waals surface area contributed by atoms with Gasteiger partial charge in [-0.1, -0.05) is 37.6 Å². The minimum Gasteiger partial charge on any atom is -0.312 e. The Bertz CT molecular complexity index is 608. The van der Waals surface area contributed by atoms with Crippen molar-refractivity contribution in [3.05, 3.63) is 52.1 Å². The van der Waals surface area contributed by atoms with Crippen LogP contribution < -0.4 is 5.32 Å². The fourth-order valence-electron chi connectivity index (χ4n) is 2.15. The summed E-state index contributed by atoms with van der Waals surface area (Å²) >= 11 is 5.81. The molecular weight excluding hydrogens is 289 g/mol. The zero-order chi connectivity index (χ0) is 15.4. The molecule has 3 nitrogen and oxygen atoms in total. The molecule has 114 valence electrons. The maximum atomic E-state index is 13.9. The average Bonchev–Trinajstić information content (AvgIpc) is 2.76. The van der Waals surface area contributed by atoms with Gasteiger partial charge in [-0.2, -0.15) is 5.10 Å². The Balaban J connectivity index is 2.08. The molecule has 21 heavy (non-hydrogen) atoms. The lowest BCUT2D eigenvalue weighted by atomic mass is 10.2. The minimum atomic E-state index is -0.367. The predicted octanol–water partition coefficient (Wildman–Crippen LogP) is 3.78. The van der Waals surface area contributed by atoms with E-state index < -0.39 is 0 Å². The van der Waals surface area contributed by atoms with E-state index in [-0.39, 0.29) is 10.8 Å². The second-order valence-electron chi connectivity index (χ2n) is 5.65. The van der Waals surface area contributed by atoms with Crippen LogP contribution in [0.3, 0.4) is 0 Å². The summed E-state index contributed by atoms with van der Waals surface area (Å²) in [5.74, 6) is 0.245. The smallest absolute Gasteiger partial charge is 0.146 e. The van der Waals surface area contributed by atoms with E-state index >= 15 is 0 Å². The van der Waals surface area contributed by atoms with Crippen molar-refractivity contribution >= 4 is 11.6 Å². The fourth-order valence-corrected chi connectivity index (χ4v) is 2.34. The zero-order valence-electron chi connectivity index (χ0n) is 12.7. The monoisotopic (exact) mass is 309 g/mol. The van der Waals surface area contributed by atoms with Crippen LogP contribution in [0.2, 0.25) is 5.02 Å². The van der Waals surface area contributed by atoms with Crippen LogP contribution in [0.1, 0.15) is 30.7 Å². The molecule has 0 spiro atoms. The molecule has 1 N–H and O–H groups in total. The molecule has 0 fully saturated rings. The summed E-state index contributed by atoms with van der Waals surface area (Å²) in [5.41, 5.74) is 2.74. The van der Waals surface area contributed by atoms with E-state index in [1.807, 2.05) is 13.1 Å². The van der Waals surface area contributed by atoms with Crippen molar-refractivity contribution in [3.63, 3.8) is 0 Å². The number of hydrogen-bond acceptors (Lipinski definition) is 2. The van der Waals surface area contributed by atoms with Gasteiger partial charge in [0.15, 0.2) is 0 Å². The molecule has 0 aliphatic heterocycles. The van der Waals surface area contributed by atoms with Crippen LogP contribution in [0.25, 0.3) is 0 Å². The predicted molar refractivity (Wildman–Crippen MR) is 84.0 cm³/mol. The molecule has 0 saturated carbocycles. The Labute approximate surface area is 130 Å². The molecule has 1 aromatic carbocycles. The van der Waals surface area contributed by atoms with Crippen LogP contribution in [0, 0.1) is 18.7 Å². The summed E-state index contributed by atoms with van der Waals surface area (Å²) in [6, 6.07) is 5.04. The molecule has 1 aromatic heterocycles. The number of benzene rings is 1. The summed E-state index contributed by atoms with van der Waals surface area (Å²) in [6.45, 7) is 8.48. The highest BCUT2D eigenvalue weighted by atomic mass is 35.5. The van der Waals surface area contributed by atoms with Crippen molar-refractivity contribution in [1.29, 1.82) is 0 Å². The van der Waals surface area contributed by atoms with Crippen molar-refractivity contribution in [2.75, 3.05) is 6.54 Å². The third kappa shape index (κ3) is 4.05. The molecule has 0 amide bonds. The number of nitrogens with one attached hydrogen (secondary N) is 1. The lowest BCUT2D eigenvalue weighted by Gasteiger charge is -2.09. The Kier molecular flexibility index (Phi) is 5.37. The molecule has 0 bridgehead atoms. The fraction of sp³-hybridized carbons (Fsp3) is 0.438. The first-order chi connectivity index (χ1) is 9.99. The number of hydrogen-bond donors (Lipinski definition) is 1. The molecule has 0 atom stereocenters. The van der Waals surface area contributed by atoms with Gasteiger partial charge in [-0.15, -0.1) is 0 Å².